The Morgan fingerprint density at radius 2 is 2.32 bits per heavy atom. The molecule has 0 bridgehead atoms. The molecule has 0 atom stereocenters. The predicted octanol–water partition coefficient (Wildman–Crippen LogP) is -0.327. The van der Waals surface area contributed by atoms with Gasteiger partial charge in [0.2, 0.25) is 0 Å². The summed E-state index contributed by atoms with van der Waals surface area (Å²) in [4.78, 5) is 14.3. The Hall–Kier alpha value is -1.47. The van der Waals surface area contributed by atoms with Crippen molar-refractivity contribution in [3.05, 3.63) is 11.9 Å². The first-order valence-corrected chi connectivity index (χ1v) is 6.60. The Morgan fingerprint density at radius 1 is 1.53 bits per heavy atom. The van der Waals surface area contributed by atoms with E-state index in [1.165, 1.54) is 0 Å². The first-order valence-electron chi connectivity index (χ1n) is 6.60. The van der Waals surface area contributed by atoms with Gasteiger partial charge in [0.25, 0.3) is 5.91 Å². The van der Waals surface area contributed by atoms with Crippen LogP contribution in [-0.4, -0.2) is 64.2 Å². The van der Waals surface area contributed by atoms with E-state index in [4.69, 9.17) is 4.74 Å². The molecule has 0 aliphatic carbocycles. The van der Waals surface area contributed by atoms with Gasteiger partial charge in [-0.15, -0.1) is 5.10 Å². The number of nitrogens with zero attached hydrogens (tertiary/aromatic N) is 4. The molecule has 104 valence electrons. The lowest BCUT2D eigenvalue weighted by Gasteiger charge is -2.41. The highest BCUT2D eigenvalue weighted by molar-refractivity contribution is 5.92. The third kappa shape index (κ3) is 2.23. The topological polar surface area (TPSA) is 72.3 Å². The summed E-state index contributed by atoms with van der Waals surface area (Å²) in [6.45, 7) is 7.52. The fourth-order valence-corrected chi connectivity index (χ4v) is 2.39. The molecular formula is C12H19N5O2. The number of morpholine rings is 1. The molecule has 0 unspecified atom stereocenters. The molecule has 2 saturated heterocycles. The van der Waals surface area contributed by atoms with Crippen molar-refractivity contribution in [2.24, 2.45) is 0 Å². The number of nitrogens with one attached hydrogen (secondary N) is 1. The maximum atomic E-state index is 12.5. The molecule has 1 aromatic heterocycles. The van der Waals surface area contributed by atoms with Crippen LogP contribution in [0.25, 0.3) is 0 Å². The zero-order valence-corrected chi connectivity index (χ0v) is 11.3. The van der Waals surface area contributed by atoms with Crippen LogP contribution in [0.2, 0.25) is 0 Å². The number of amides is 1. The van der Waals surface area contributed by atoms with Gasteiger partial charge in [0.15, 0.2) is 5.69 Å². The van der Waals surface area contributed by atoms with Crippen molar-refractivity contribution in [3.8, 4) is 0 Å². The Morgan fingerprint density at radius 3 is 2.95 bits per heavy atom. The molecule has 2 aliphatic rings. The van der Waals surface area contributed by atoms with Crippen LogP contribution in [0.3, 0.4) is 0 Å². The molecule has 3 rings (SSSR count). The van der Waals surface area contributed by atoms with Gasteiger partial charge in [0.1, 0.15) is 0 Å². The van der Waals surface area contributed by atoms with E-state index in [0.717, 1.165) is 13.1 Å². The molecule has 7 heteroatoms. The molecule has 3 heterocycles. The average molecular weight is 265 g/mol. The summed E-state index contributed by atoms with van der Waals surface area (Å²) in [7, 11) is 0. The molecule has 0 saturated carbocycles. The van der Waals surface area contributed by atoms with E-state index in [0.29, 0.717) is 31.5 Å². The standard InChI is InChI=1S/C12H19N5O2/c1-12(2)8-19-4-3-16(12)11(18)10-7-17(15-14-10)9-5-13-6-9/h7,9,13H,3-6,8H2,1-2H3. The maximum Gasteiger partial charge on any atom is 0.276 e. The molecule has 1 N–H and O–H groups in total. The lowest BCUT2D eigenvalue weighted by molar-refractivity contribution is -0.0373. The van der Waals surface area contributed by atoms with E-state index in [2.05, 4.69) is 15.6 Å². The Kier molecular flexibility index (Phi) is 3.02. The monoisotopic (exact) mass is 265 g/mol. The highest BCUT2D eigenvalue weighted by Crippen LogP contribution is 2.21. The summed E-state index contributed by atoms with van der Waals surface area (Å²) in [6, 6.07) is 0.326. The third-order valence-corrected chi connectivity index (χ3v) is 3.75. The van der Waals surface area contributed by atoms with Crippen LogP contribution in [0.15, 0.2) is 6.20 Å². The minimum absolute atomic E-state index is 0.0631. The summed E-state index contributed by atoms with van der Waals surface area (Å²) in [5.74, 6) is -0.0631. The number of carbonyl (C=O) groups is 1. The predicted molar refractivity (Wildman–Crippen MR) is 67.9 cm³/mol. The average Bonchev–Trinajstić information content (AvgIpc) is 2.74. The van der Waals surface area contributed by atoms with Gasteiger partial charge in [-0.1, -0.05) is 5.21 Å². The van der Waals surface area contributed by atoms with Gasteiger partial charge in [-0.25, -0.2) is 4.68 Å². The Labute approximate surface area is 111 Å². The first-order chi connectivity index (χ1) is 9.08. The number of rotatable bonds is 2. The first kappa shape index (κ1) is 12.6. The molecule has 0 spiro atoms. The van der Waals surface area contributed by atoms with E-state index < -0.39 is 0 Å². The number of ether oxygens (including phenoxy) is 1. The third-order valence-electron chi connectivity index (χ3n) is 3.75. The fourth-order valence-electron chi connectivity index (χ4n) is 2.39. The Bertz CT molecular complexity index is 480. The number of hydrogen-bond acceptors (Lipinski definition) is 5. The van der Waals surface area contributed by atoms with E-state index >= 15 is 0 Å². The van der Waals surface area contributed by atoms with E-state index in [9.17, 15) is 4.79 Å². The second-order valence-electron chi connectivity index (χ2n) is 5.72. The lowest BCUT2D eigenvalue weighted by atomic mass is 10.0. The minimum atomic E-state index is -0.295. The zero-order chi connectivity index (χ0) is 13.5. The summed E-state index contributed by atoms with van der Waals surface area (Å²) >= 11 is 0. The number of carbonyl (C=O) groups excluding carboxylic acids is 1. The van der Waals surface area contributed by atoms with Crippen molar-refractivity contribution in [3.63, 3.8) is 0 Å². The van der Waals surface area contributed by atoms with E-state index in [-0.39, 0.29) is 11.4 Å². The quantitative estimate of drug-likeness (QED) is 0.793. The lowest BCUT2D eigenvalue weighted by Crippen LogP contribution is -2.55. The molecule has 1 aromatic rings. The summed E-state index contributed by atoms with van der Waals surface area (Å²) in [5.41, 5.74) is 0.124. The molecule has 2 fully saturated rings. The highest BCUT2D eigenvalue weighted by atomic mass is 16.5. The van der Waals surface area contributed by atoms with Gasteiger partial charge in [0, 0.05) is 19.6 Å². The van der Waals surface area contributed by atoms with Crippen molar-refractivity contribution in [2.45, 2.75) is 25.4 Å². The van der Waals surface area contributed by atoms with Crippen LogP contribution < -0.4 is 5.32 Å². The fraction of sp³-hybridized carbons (Fsp3) is 0.750. The minimum Gasteiger partial charge on any atom is -0.377 e. The van der Waals surface area contributed by atoms with Crippen LogP contribution in [0.1, 0.15) is 30.4 Å². The van der Waals surface area contributed by atoms with Gasteiger partial charge < -0.3 is 15.0 Å². The normalized spacial score (nSPS) is 23.2. The number of aromatic nitrogens is 3. The highest BCUT2D eigenvalue weighted by Gasteiger charge is 2.36. The van der Waals surface area contributed by atoms with Crippen molar-refractivity contribution < 1.29 is 9.53 Å². The van der Waals surface area contributed by atoms with Crippen LogP contribution in [0.4, 0.5) is 0 Å². The summed E-state index contributed by atoms with van der Waals surface area (Å²) in [5, 5.41) is 11.2. The van der Waals surface area contributed by atoms with E-state index in [1.54, 1.807) is 10.9 Å². The molecule has 2 aliphatic heterocycles. The van der Waals surface area contributed by atoms with Crippen LogP contribution in [-0.2, 0) is 4.74 Å². The molecule has 0 radical (unpaired) electrons. The second kappa shape index (κ2) is 4.57. The van der Waals surface area contributed by atoms with Crippen molar-refractivity contribution >= 4 is 5.91 Å². The molecule has 7 nitrogen and oxygen atoms in total. The van der Waals surface area contributed by atoms with Crippen molar-refractivity contribution in [1.82, 2.24) is 25.2 Å². The zero-order valence-electron chi connectivity index (χ0n) is 11.3. The van der Waals surface area contributed by atoms with Gasteiger partial charge >= 0.3 is 0 Å². The van der Waals surface area contributed by atoms with Gasteiger partial charge in [-0.2, -0.15) is 0 Å². The number of hydrogen-bond donors (Lipinski definition) is 1. The molecule has 19 heavy (non-hydrogen) atoms. The van der Waals surface area contributed by atoms with Gasteiger partial charge in [-0.3, -0.25) is 4.79 Å². The van der Waals surface area contributed by atoms with Crippen LogP contribution in [0, 0.1) is 0 Å². The van der Waals surface area contributed by atoms with E-state index in [1.807, 2.05) is 18.7 Å². The molecule has 0 aromatic carbocycles. The molecule has 1 amide bonds. The molecular weight excluding hydrogens is 246 g/mol. The van der Waals surface area contributed by atoms with Gasteiger partial charge in [-0.05, 0) is 13.8 Å². The second-order valence-corrected chi connectivity index (χ2v) is 5.72. The van der Waals surface area contributed by atoms with Crippen molar-refractivity contribution in [2.75, 3.05) is 32.8 Å². The summed E-state index contributed by atoms with van der Waals surface area (Å²) in [6.07, 6.45) is 1.75. The smallest absolute Gasteiger partial charge is 0.276 e. The largest absolute Gasteiger partial charge is 0.377 e. The van der Waals surface area contributed by atoms with Crippen molar-refractivity contribution in [1.29, 1.82) is 0 Å². The maximum absolute atomic E-state index is 12.5. The SMILES string of the molecule is CC1(C)COCCN1C(=O)c1cn(C2CNC2)nn1. The van der Waals surface area contributed by atoms with Crippen LogP contribution >= 0.6 is 0 Å². The van der Waals surface area contributed by atoms with Crippen LogP contribution in [0.5, 0.6) is 0 Å². The van der Waals surface area contributed by atoms with Gasteiger partial charge in [0.05, 0.1) is 31.0 Å². The summed E-state index contributed by atoms with van der Waals surface area (Å²) < 4.78 is 7.20. The Balaban J connectivity index is 1.77.